The van der Waals surface area contributed by atoms with E-state index in [1.54, 1.807) is 32.0 Å². The first-order chi connectivity index (χ1) is 18.2. The molecule has 11 nitrogen and oxygen atoms in total. The van der Waals surface area contributed by atoms with Gasteiger partial charge in [-0.1, -0.05) is 25.1 Å². The number of benzene rings is 1. The number of ether oxygens (including phenoxy) is 2. The molecule has 0 radical (unpaired) electrons. The number of para-hydroxylation sites is 1. The fourth-order valence-electron chi connectivity index (χ4n) is 4.01. The molecule has 7 atom stereocenters. The molecule has 0 spiro atoms. The summed E-state index contributed by atoms with van der Waals surface area (Å²) in [5, 5.41) is 10.9. The van der Waals surface area contributed by atoms with E-state index in [-0.39, 0.29) is 5.75 Å². The van der Waals surface area contributed by atoms with Gasteiger partial charge in [-0.2, -0.15) is 4.98 Å². The van der Waals surface area contributed by atoms with Crippen LogP contribution in [0.1, 0.15) is 33.9 Å². The molecule has 0 aliphatic carbocycles. The van der Waals surface area contributed by atoms with Gasteiger partial charge in [0.25, 0.3) is 0 Å². The molecule has 0 saturated carbocycles. The molecule has 2 heterocycles. The SMILES string of the molecule is CC(C)OC(=O)[C@H](C)C[P@](=O)(Oc1ccccc1)O[C@@H](C)[C@H]1O[C@@H](n2cc(F)c(N)nc2=O)C(Cl)(CF)[C@H]1O. The van der Waals surface area contributed by atoms with E-state index in [1.807, 2.05) is 0 Å². The molecule has 1 fully saturated rings. The molecule has 0 bridgehead atoms. The Morgan fingerprint density at radius 3 is 2.54 bits per heavy atom. The van der Waals surface area contributed by atoms with Gasteiger partial charge in [-0.05, 0) is 32.9 Å². The van der Waals surface area contributed by atoms with Crippen LogP contribution in [0.3, 0.4) is 0 Å². The zero-order valence-electron chi connectivity index (χ0n) is 21.7. The molecular formula is C24H31ClF2N3O8P. The number of nitrogen functional groups attached to an aromatic ring is 1. The highest BCUT2D eigenvalue weighted by molar-refractivity contribution is 7.54. The van der Waals surface area contributed by atoms with E-state index in [9.17, 15) is 28.0 Å². The van der Waals surface area contributed by atoms with E-state index >= 15 is 0 Å². The highest BCUT2D eigenvalue weighted by Crippen LogP contribution is 2.53. The minimum atomic E-state index is -4.18. The normalized spacial score (nSPS) is 26.1. The van der Waals surface area contributed by atoms with Crippen molar-refractivity contribution in [2.24, 2.45) is 5.92 Å². The number of rotatable bonds is 11. The van der Waals surface area contributed by atoms with Crippen LogP contribution in [-0.4, -0.2) is 62.8 Å². The Bertz CT molecular complexity index is 1270. The van der Waals surface area contributed by atoms with E-state index in [4.69, 9.17) is 35.9 Å². The van der Waals surface area contributed by atoms with Gasteiger partial charge >= 0.3 is 19.3 Å². The van der Waals surface area contributed by atoms with Crippen LogP contribution < -0.4 is 15.9 Å². The Morgan fingerprint density at radius 2 is 1.95 bits per heavy atom. The number of anilines is 1. The van der Waals surface area contributed by atoms with E-state index in [1.165, 1.54) is 26.0 Å². The molecule has 216 valence electrons. The quantitative estimate of drug-likeness (QED) is 0.225. The summed E-state index contributed by atoms with van der Waals surface area (Å²) in [5.41, 5.74) is 4.21. The van der Waals surface area contributed by atoms with Crippen LogP contribution >= 0.6 is 19.2 Å². The van der Waals surface area contributed by atoms with Gasteiger partial charge in [0.05, 0.1) is 30.5 Å². The van der Waals surface area contributed by atoms with Crippen LogP contribution in [0.15, 0.2) is 41.3 Å². The summed E-state index contributed by atoms with van der Waals surface area (Å²) in [5.74, 6) is -3.16. The van der Waals surface area contributed by atoms with Crippen LogP contribution in [0.4, 0.5) is 14.6 Å². The minimum Gasteiger partial charge on any atom is -0.463 e. The lowest BCUT2D eigenvalue weighted by molar-refractivity contribution is -0.151. The predicted molar refractivity (Wildman–Crippen MR) is 138 cm³/mol. The van der Waals surface area contributed by atoms with E-state index in [0.717, 1.165) is 0 Å². The molecule has 0 amide bonds. The molecule has 2 aromatic rings. The number of esters is 1. The fraction of sp³-hybridized carbons (Fsp3) is 0.542. The van der Waals surface area contributed by atoms with Crippen LogP contribution in [-0.2, 0) is 23.4 Å². The number of hydrogen-bond acceptors (Lipinski definition) is 10. The maximum Gasteiger partial charge on any atom is 0.380 e. The maximum absolute atomic E-state index is 14.2. The average molecular weight is 594 g/mol. The van der Waals surface area contributed by atoms with Crippen LogP contribution in [0, 0.1) is 11.7 Å². The summed E-state index contributed by atoms with van der Waals surface area (Å²) in [6.45, 7) is 4.76. The Balaban J connectivity index is 1.91. The second kappa shape index (κ2) is 12.3. The van der Waals surface area contributed by atoms with Crippen molar-refractivity contribution in [1.82, 2.24) is 9.55 Å². The summed E-state index contributed by atoms with van der Waals surface area (Å²) in [6.07, 6.45) is -6.52. The Labute approximate surface area is 228 Å². The van der Waals surface area contributed by atoms with Gasteiger partial charge in [-0.3, -0.25) is 13.9 Å². The summed E-state index contributed by atoms with van der Waals surface area (Å²) in [6, 6.07) is 8.02. The van der Waals surface area contributed by atoms with Gasteiger partial charge in [0.1, 0.15) is 29.5 Å². The van der Waals surface area contributed by atoms with Gasteiger partial charge in [-0.15, -0.1) is 11.6 Å². The minimum absolute atomic E-state index is 0.175. The number of carbonyl (C=O) groups excluding carboxylic acids is 1. The van der Waals surface area contributed by atoms with Gasteiger partial charge in [-0.25, -0.2) is 18.1 Å². The smallest absolute Gasteiger partial charge is 0.380 e. The topological polar surface area (TPSA) is 152 Å². The van der Waals surface area contributed by atoms with E-state index in [2.05, 4.69) is 4.98 Å². The Kier molecular flexibility index (Phi) is 9.77. The molecule has 15 heteroatoms. The van der Waals surface area contributed by atoms with Crippen LogP contribution in [0.5, 0.6) is 5.75 Å². The first-order valence-electron chi connectivity index (χ1n) is 12.1. The molecule has 1 aliphatic heterocycles. The van der Waals surface area contributed by atoms with Gasteiger partial charge in [0, 0.05) is 0 Å². The molecule has 3 rings (SSSR count). The average Bonchev–Trinajstić information content (AvgIpc) is 3.12. The number of nitrogens with two attached hydrogens (primary N) is 1. The van der Waals surface area contributed by atoms with Crippen molar-refractivity contribution < 1.29 is 41.8 Å². The lowest BCUT2D eigenvalue weighted by Crippen LogP contribution is -2.47. The van der Waals surface area contributed by atoms with Gasteiger partial charge < -0.3 is 24.8 Å². The number of carbonyl (C=O) groups is 1. The molecule has 1 aromatic heterocycles. The Hall–Kier alpha value is -2.57. The summed E-state index contributed by atoms with van der Waals surface area (Å²) in [7, 11) is -4.18. The van der Waals surface area contributed by atoms with Crippen molar-refractivity contribution >= 4 is 31.0 Å². The number of nitrogens with zero attached hydrogens (tertiary/aromatic N) is 2. The molecule has 1 aromatic carbocycles. The van der Waals surface area contributed by atoms with Crippen molar-refractivity contribution in [2.45, 2.75) is 63.2 Å². The number of halogens is 3. The first-order valence-corrected chi connectivity index (χ1v) is 14.2. The second-order valence-electron chi connectivity index (χ2n) is 9.52. The second-order valence-corrected chi connectivity index (χ2v) is 12.2. The lowest BCUT2D eigenvalue weighted by Gasteiger charge is -2.29. The van der Waals surface area contributed by atoms with E-state index in [0.29, 0.717) is 10.8 Å². The van der Waals surface area contributed by atoms with Gasteiger partial charge in [0.2, 0.25) is 0 Å². The standard InChI is InChI=1S/C24H31ClF2N3O8P/c1-13(2)35-21(32)14(3)11-39(34,38-16-8-6-5-7-9-16)37-15(4)18-19(31)24(25,12-26)22(36-18)30-10-17(27)20(28)29-23(30)33/h5-10,13-15,18-19,22,31H,11-12H2,1-4H3,(H2,28,29,33)/t14-,15+,18-,19+,22-,24?,39-/m1/s1. The maximum atomic E-state index is 14.2. The molecular weight excluding hydrogens is 563 g/mol. The molecule has 1 saturated heterocycles. The van der Waals surface area contributed by atoms with Gasteiger partial charge in [0.15, 0.2) is 17.9 Å². The third kappa shape index (κ3) is 6.96. The lowest BCUT2D eigenvalue weighted by atomic mass is 9.97. The number of aromatic nitrogens is 2. The number of aliphatic hydroxyl groups is 1. The van der Waals surface area contributed by atoms with E-state index < -0.39 is 85.2 Å². The summed E-state index contributed by atoms with van der Waals surface area (Å²) >= 11 is 6.38. The summed E-state index contributed by atoms with van der Waals surface area (Å²) in [4.78, 5) is 25.9. The number of hydrogen-bond donors (Lipinski definition) is 2. The highest BCUT2D eigenvalue weighted by atomic mass is 35.5. The third-order valence-electron chi connectivity index (χ3n) is 5.92. The van der Waals surface area contributed by atoms with Crippen molar-refractivity contribution in [2.75, 3.05) is 18.6 Å². The number of aliphatic hydroxyl groups excluding tert-OH is 1. The van der Waals surface area contributed by atoms with Crippen molar-refractivity contribution in [3.63, 3.8) is 0 Å². The molecule has 39 heavy (non-hydrogen) atoms. The van der Waals surface area contributed by atoms with Crippen LogP contribution in [0.2, 0.25) is 0 Å². The molecule has 1 unspecified atom stereocenters. The van der Waals surface area contributed by atoms with Crippen molar-refractivity contribution in [3.05, 3.63) is 52.8 Å². The highest BCUT2D eigenvalue weighted by Gasteiger charge is 2.59. The molecule has 1 aliphatic rings. The zero-order valence-corrected chi connectivity index (χ0v) is 23.4. The predicted octanol–water partition coefficient (Wildman–Crippen LogP) is 3.43. The number of alkyl halides is 2. The molecule has 3 N–H and O–H groups in total. The van der Waals surface area contributed by atoms with Crippen molar-refractivity contribution in [3.8, 4) is 5.75 Å². The zero-order chi connectivity index (χ0) is 29.1. The third-order valence-corrected chi connectivity index (χ3v) is 8.57. The largest absolute Gasteiger partial charge is 0.463 e. The Morgan fingerprint density at radius 1 is 1.31 bits per heavy atom. The first kappa shape index (κ1) is 31.0. The monoisotopic (exact) mass is 593 g/mol. The van der Waals surface area contributed by atoms with Crippen LogP contribution in [0.25, 0.3) is 0 Å². The fourth-order valence-corrected chi connectivity index (χ4v) is 6.38. The van der Waals surface area contributed by atoms with Crippen molar-refractivity contribution in [1.29, 1.82) is 0 Å². The summed E-state index contributed by atoms with van der Waals surface area (Å²) < 4.78 is 65.2.